The Kier molecular flexibility index (Phi) is 16.9. The fraction of sp³-hybridized carbons (Fsp3) is 1.00. The summed E-state index contributed by atoms with van der Waals surface area (Å²) in [6.07, 6.45) is 3.56. The van der Waals surface area contributed by atoms with Gasteiger partial charge in [0.15, 0.2) is 0 Å². The van der Waals surface area contributed by atoms with Crippen LogP contribution in [-0.4, -0.2) is 45.2 Å². The van der Waals surface area contributed by atoms with Crippen LogP contribution in [0.1, 0.15) is 117 Å². The Labute approximate surface area is 246 Å². The van der Waals surface area contributed by atoms with Gasteiger partial charge in [-0.1, -0.05) is 123 Å². The molecule has 0 heterocycles. The molecule has 0 aromatic rings. The SMILES string of the molecule is CCCCCCCCC(Br)CC(F)(F)C(F)(F)C(F)(F)C(F)(F)C(F)(F)C(F)(F)CC(Br)CCCCCCCC. The molecule has 0 fully saturated rings. The third-order valence-corrected chi connectivity index (χ3v) is 8.36. The van der Waals surface area contributed by atoms with Gasteiger partial charge in [0.2, 0.25) is 0 Å². The van der Waals surface area contributed by atoms with Crippen LogP contribution in [0.4, 0.5) is 52.7 Å². The molecule has 0 bridgehead atoms. The van der Waals surface area contributed by atoms with Gasteiger partial charge >= 0.3 is 35.5 Å². The van der Waals surface area contributed by atoms with Crippen molar-refractivity contribution in [3.63, 3.8) is 0 Å². The molecule has 2 unspecified atom stereocenters. The summed E-state index contributed by atoms with van der Waals surface area (Å²) in [6.45, 7) is 3.89. The lowest BCUT2D eigenvalue weighted by Gasteiger charge is -2.42. The number of alkyl halides is 14. The molecule has 0 aromatic heterocycles. The molecule has 0 N–H and O–H groups in total. The van der Waals surface area contributed by atoms with Gasteiger partial charge in [0.05, 0.1) is 0 Å². The van der Waals surface area contributed by atoms with Crippen molar-refractivity contribution in [3.05, 3.63) is 0 Å². The van der Waals surface area contributed by atoms with E-state index in [-0.39, 0.29) is 25.7 Å². The minimum absolute atomic E-state index is 0.209. The first kappa shape index (κ1) is 40.1. The number of hydrogen-bond acceptors (Lipinski definition) is 0. The molecule has 2 atom stereocenters. The van der Waals surface area contributed by atoms with Gasteiger partial charge in [-0.25, -0.2) is 0 Å². The molecular weight excluding hydrogens is 700 g/mol. The van der Waals surface area contributed by atoms with Crippen LogP contribution in [0.25, 0.3) is 0 Å². The van der Waals surface area contributed by atoms with Crippen molar-refractivity contribution in [3.8, 4) is 0 Å². The molecule has 0 spiro atoms. The van der Waals surface area contributed by atoms with Crippen LogP contribution in [0, 0.1) is 0 Å². The van der Waals surface area contributed by atoms with E-state index in [9.17, 15) is 52.7 Å². The Morgan fingerprint density at radius 2 is 0.650 bits per heavy atom. The molecule has 0 aliphatic rings. The molecule has 0 amide bonds. The predicted molar refractivity (Wildman–Crippen MR) is 140 cm³/mol. The standard InChI is InChI=1S/C26H40Br2F12/c1-3-5-7-9-11-13-15-19(27)17-21(29,30)23(33,34)25(37,38)26(39,40)24(35,36)22(31,32)18-20(28)16-14-12-10-8-6-4-2/h19-20H,3-18H2,1-2H3. The third-order valence-electron chi connectivity index (χ3n) is 6.80. The Morgan fingerprint density at radius 3 is 0.925 bits per heavy atom. The topological polar surface area (TPSA) is 0 Å². The second-order valence-corrected chi connectivity index (χ2v) is 13.0. The Balaban J connectivity index is 5.50. The highest BCUT2D eigenvalue weighted by Gasteiger charge is 2.89. The van der Waals surface area contributed by atoms with E-state index in [1.165, 1.54) is 0 Å². The van der Waals surface area contributed by atoms with Crippen LogP contribution in [0.3, 0.4) is 0 Å². The molecule has 0 nitrogen and oxygen atoms in total. The number of halogens is 14. The zero-order chi connectivity index (χ0) is 31.5. The molecule has 0 aliphatic heterocycles. The zero-order valence-electron chi connectivity index (χ0n) is 22.8. The lowest BCUT2D eigenvalue weighted by Crippen LogP contribution is -2.70. The summed E-state index contributed by atoms with van der Waals surface area (Å²) in [6, 6.07) is 0. The van der Waals surface area contributed by atoms with E-state index < -0.39 is 58.0 Å². The normalized spacial score (nSPS) is 15.9. The molecule has 0 saturated heterocycles. The van der Waals surface area contributed by atoms with Gasteiger partial charge in [0.1, 0.15) is 0 Å². The van der Waals surface area contributed by atoms with Gasteiger partial charge in [-0.3, -0.25) is 0 Å². The van der Waals surface area contributed by atoms with Crippen LogP contribution < -0.4 is 0 Å². The Bertz CT molecular complexity index is 643. The van der Waals surface area contributed by atoms with E-state index in [4.69, 9.17) is 0 Å². The summed E-state index contributed by atoms with van der Waals surface area (Å²) in [5.41, 5.74) is 0. The minimum Gasteiger partial charge on any atom is -0.200 e. The summed E-state index contributed by atoms with van der Waals surface area (Å²) in [5, 5.41) is 0. The van der Waals surface area contributed by atoms with Gasteiger partial charge in [0.25, 0.3) is 0 Å². The lowest BCUT2D eigenvalue weighted by molar-refractivity contribution is -0.425. The molecule has 0 saturated carbocycles. The van der Waals surface area contributed by atoms with Crippen molar-refractivity contribution in [2.24, 2.45) is 0 Å². The maximum atomic E-state index is 14.3. The fourth-order valence-electron chi connectivity index (χ4n) is 4.16. The van der Waals surface area contributed by atoms with Crippen LogP contribution in [0.2, 0.25) is 0 Å². The lowest BCUT2D eigenvalue weighted by atomic mass is 9.88. The van der Waals surface area contributed by atoms with E-state index >= 15 is 0 Å². The molecule has 40 heavy (non-hydrogen) atoms. The van der Waals surface area contributed by atoms with E-state index in [2.05, 4.69) is 31.9 Å². The summed E-state index contributed by atoms with van der Waals surface area (Å²) in [5.74, 6) is -41.0. The first-order valence-electron chi connectivity index (χ1n) is 13.7. The number of unbranched alkanes of at least 4 members (excludes halogenated alkanes) is 10. The van der Waals surface area contributed by atoms with Crippen LogP contribution >= 0.6 is 31.9 Å². The molecule has 242 valence electrons. The fourth-order valence-corrected chi connectivity index (χ4v) is 5.62. The van der Waals surface area contributed by atoms with Gasteiger partial charge in [-0.05, 0) is 12.8 Å². The van der Waals surface area contributed by atoms with E-state index in [0.29, 0.717) is 25.7 Å². The van der Waals surface area contributed by atoms with Gasteiger partial charge < -0.3 is 0 Å². The first-order chi connectivity index (χ1) is 18.2. The Hall–Kier alpha value is 0.120. The Morgan fingerprint density at radius 1 is 0.400 bits per heavy atom. The minimum atomic E-state index is -7.51. The third kappa shape index (κ3) is 10.4. The largest absolute Gasteiger partial charge is 0.384 e. The highest BCUT2D eigenvalue weighted by molar-refractivity contribution is 9.09. The van der Waals surface area contributed by atoms with Crippen molar-refractivity contribution in [2.75, 3.05) is 0 Å². The van der Waals surface area contributed by atoms with Crippen molar-refractivity contribution in [1.82, 2.24) is 0 Å². The van der Waals surface area contributed by atoms with Gasteiger partial charge in [-0.15, -0.1) is 0 Å². The van der Waals surface area contributed by atoms with E-state index in [0.717, 1.165) is 38.5 Å². The quantitative estimate of drug-likeness (QED) is 0.0556. The second kappa shape index (κ2) is 16.8. The highest BCUT2D eigenvalue weighted by atomic mass is 79.9. The average molecular weight is 740 g/mol. The number of hydrogen-bond donors (Lipinski definition) is 0. The molecule has 0 rings (SSSR count). The molecular formula is C26H40Br2F12. The molecule has 0 radical (unpaired) electrons. The molecule has 0 aliphatic carbocycles. The summed E-state index contributed by atoms with van der Waals surface area (Å²) in [4.78, 5) is -3.08. The maximum Gasteiger partial charge on any atom is 0.384 e. The monoisotopic (exact) mass is 738 g/mol. The van der Waals surface area contributed by atoms with E-state index in [1.54, 1.807) is 0 Å². The number of rotatable bonds is 23. The van der Waals surface area contributed by atoms with Crippen molar-refractivity contribution < 1.29 is 52.7 Å². The van der Waals surface area contributed by atoms with Crippen molar-refractivity contribution in [2.45, 2.75) is 162 Å². The molecule has 0 aromatic carbocycles. The maximum absolute atomic E-state index is 14.3. The predicted octanol–water partition coefficient (Wildman–Crippen LogP) is 12.6. The van der Waals surface area contributed by atoms with E-state index in [1.807, 2.05) is 13.8 Å². The van der Waals surface area contributed by atoms with Crippen LogP contribution in [0.15, 0.2) is 0 Å². The van der Waals surface area contributed by atoms with Crippen molar-refractivity contribution in [1.29, 1.82) is 0 Å². The highest BCUT2D eigenvalue weighted by Crippen LogP contribution is 2.61. The smallest absolute Gasteiger partial charge is 0.200 e. The average Bonchev–Trinajstić information content (AvgIpc) is 2.82. The summed E-state index contributed by atoms with van der Waals surface area (Å²) < 4.78 is 171. The second-order valence-electron chi connectivity index (χ2n) is 10.4. The first-order valence-corrected chi connectivity index (χ1v) is 15.5. The van der Waals surface area contributed by atoms with Gasteiger partial charge in [0, 0.05) is 22.5 Å². The summed E-state index contributed by atoms with van der Waals surface area (Å²) in [7, 11) is 0. The van der Waals surface area contributed by atoms with Crippen molar-refractivity contribution >= 4 is 31.9 Å². The molecule has 14 heteroatoms. The summed E-state index contributed by atoms with van der Waals surface area (Å²) >= 11 is 5.25. The zero-order valence-corrected chi connectivity index (χ0v) is 25.9. The van der Waals surface area contributed by atoms with Crippen LogP contribution in [0.5, 0.6) is 0 Å². The van der Waals surface area contributed by atoms with Crippen LogP contribution in [-0.2, 0) is 0 Å². The van der Waals surface area contributed by atoms with Gasteiger partial charge in [-0.2, -0.15) is 52.7 Å².